The summed E-state index contributed by atoms with van der Waals surface area (Å²) in [6, 6.07) is 14.2. The summed E-state index contributed by atoms with van der Waals surface area (Å²) in [6.45, 7) is 0.934. The summed E-state index contributed by atoms with van der Waals surface area (Å²) >= 11 is 5.88. The number of hydrogen-bond donors (Lipinski definition) is 1. The van der Waals surface area contributed by atoms with E-state index in [2.05, 4.69) is 5.32 Å². The normalized spacial score (nSPS) is 11.0. The Morgan fingerprint density at radius 3 is 2.53 bits per heavy atom. The average molecular weight is 430 g/mol. The fraction of sp³-hybridized carbons (Fsp3) is 0.318. The Kier molecular flexibility index (Phi) is 7.43. The highest BCUT2D eigenvalue weighted by Gasteiger charge is 2.15. The smallest absolute Gasteiger partial charge is 0.331 e. The highest BCUT2D eigenvalue weighted by atomic mass is 35.5. The molecule has 0 atom stereocenters. The number of hydrogen-bond acceptors (Lipinski definition) is 4. The number of carbonyl (C=O) groups excluding carboxylic acids is 1. The van der Waals surface area contributed by atoms with Crippen molar-refractivity contribution in [1.29, 1.82) is 0 Å². The number of ether oxygens (including phenoxy) is 1. The monoisotopic (exact) mass is 429 g/mol. The number of amides is 1. The van der Waals surface area contributed by atoms with Gasteiger partial charge in [0.1, 0.15) is 6.54 Å². The second kappa shape index (κ2) is 10.2. The number of methoxy groups -OCH3 is 1. The van der Waals surface area contributed by atoms with Crippen molar-refractivity contribution < 1.29 is 9.53 Å². The first-order chi connectivity index (χ1) is 14.5. The van der Waals surface area contributed by atoms with Gasteiger partial charge >= 0.3 is 5.69 Å². The van der Waals surface area contributed by atoms with Gasteiger partial charge < -0.3 is 10.1 Å². The number of nitrogens with zero attached hydrogens (tertiary/aromatic N) is 2. The van der Waals surface area contributed by atoms with Crippen molar-refractivity contribution >= 4 is 28.4 Å². The van der Waals surface area contributed by atoms with Gasteiger partial charge in [-0.25, -0.2) is 4.79 Å². The maximum Gasteiger partial charge on any atom is 0.331 e. The molecule has 0 fully saturated rings. The van der Waals surface area contributed by atoms with Crippen molar-refractivity contribution in [3.8, 4) is 0 Å². The summed E-state index contributed by atoms with van der Waals surface area (Å²) in [4.78, 5) is 38.2. The van der Waals surface area contributed by atoms with E-state index in [4.69, 9.17) is 16.3 Å². The van der Waals surface area contributed by atoms with Gasteiger partial charge in [0.25, 0.3) is 5.56 Å². The second-order valence-electron chi connectivity index (χ2n) is 6.92. The molecule has 1 N–H and O–H groups in total. The van der Waals surface area contributed by atoms with Crippen LogP contribution in [0.2, 0.25) is 5.02 Å². The summed E-state index contributed by atoms with van der Waals surface area (Å²) in [5, 5.41) is 3.90. The van der Waals surface area contributed by atoms with E-state index >= 15 is 0 Å². The molecular formula is C22H24ClN3O4. The van der Waals surface area contributed by atoms with Crippen LogP contribution >= 0.6 is 11.6 Å². The van der Waals surface area contributed by atoms with Crippen LogP contribution in [0.25, 0.3) is 10.9 Å². The van der Waals surface area contributed by atoms with Crippen LogP contribution < -0.4 is 16.6 Å². The second-order valence-corrected chi connectivity index (χ2v) is 7.35. The first kappa shape index (κ1) is 21.8. The molecule has 7 nitrogen and oxygen atoms in total. The molecule has 0 saturated carbocycles. The largest absolute Gasteiger partial charge is 0.385 e. The molecule has 158 valence electrons. The van der Waals surface area contributed by atoms with E-state index in [9.17, 15) is 14.4 Å². The lowest BCUT2D eigenvalue weighted by Gasteiger charge is -2.14. The SMILES string of the molecule is COCCCn1c(=O)c2ccccc2n(CC(=O)NCCc2ccc(Cl)cc2)c1=O. The number of aromatic nitrogens is 2. The quantitative estimate of drug-likeness (QED) is 0.529. The Labute approximate surface area is 178 Å². The van der Waals surface area contributed by atoms with E-state index in [0.29, 0.717) is 41.9 Å². The van der Waals surface area contributed by atoms with Crippen LogP contribution in [0.1, 0.15) is 12.0 Å². The van der Waals surface area contributed by atoms with Crippen LogP contribution in [0.4, 0.5) is 0 Å². The van der Waals surface area contributed by atoms with Gasteiger partial charge in [-0.05, 0) is 42.7 Å². The molecule has 0 unspecified atom stereocenters. The summed E-state index contributed by atoms with van der Waals surface area (Å²) in [6.07, 6.45) is 1.17. The van der Waals surface area contributed by atoms with Crippen molar-refractivity contribution in [2.75, 3.05) is 20.3 Å². The number of para-hydroxylation sites is 1. The van der Waals surface area contributed by atoms with E-state index in [0.717, 1.165) is 5.56 Å². The summed E-state index contributed by atoms with van der Waals surface area (Å²) in [5.41, 5.74) is 0.645. The van der Waals surface area contributed by atoms with Gasteiger partial charge in [0.2, 0.25) is 5.91 Å². The van der Waals surface area contributed by atoms with Crippen LogP contribution in [0, 0.1) is 0 Å². The van der Waals surface area contributed by atoms with Gasteiger partial charge in [0.15, 0.2) is 0 Å². The number of benzene rings is 2. The molecule has 0 aliphatic heterocycles. The minimum Gasteiger partial charge on any atom is -0.385 e. The third kappa shape index (κ3) is 5.17. The van der Waals surface area contributed by atoms with Gasteiger partial charge in [-0.2, -0.15) is 0 Å². The molecule has 30 heavy (non-hydrogen) atoms. The van der Waals surface area contributed by atoms with Gasteiger partial charge in [-0.1, -0.05) is 35.9 Å². The molecule has 3 aromatic rings. The standard InChI is InChI=1S/C22H24ClN3O4/c1-30-14-4-13-25-21(28)18-5-2-3-6-19(18)26(22(25)29)15-20(27)24-12-11-16-7-9-17(23)10-8-16/h2-3,5-10H,4,11-15H2,1H3,(H,24,27). The predicted molar refractivity (Wildman–Crippen MR) is 117 cm³/mol. The lowest BCUT2D eigenvalue weighted by Crippen LogP contribution is -2.43. The van der Waals surface area contributed by atoms with Crippen molar-refractivity contribution in [2.45, 2.75) is 25.9 Å². The minimum absolute atomic E-state index is 0.162. The third-order valence-corrected chi connectivity index (χ3v) is 5.07. The van der Waals surface area contributed by atoms with E-state index < -0.39 is 5.69 Å². The number of fused-ring (bicyclic) bond motifs is 1. The van der Waals surface area contributed by atoms with E-state index in [1.54, 1.807) is 43.5 Å². The fourth-order valence-corrected chi connectivity index (χ4v) is 3.41. The van der Waals surface area contributed by atoms with Crippen molar-refractivity contribution in [2.24, 2.45) is 0 Å². The lowest BCUT2D eigenvalue weighted by molar-refractivity contribution is -0.121. The lowest BCUT2D eigenvalue weighted by atomic mass is 10.1. The zero-order valence-electron chi connectivity index (χ0n) is 16.8. The molecule has 0 bridgehead atoms. The Morgan fingerprint density at radius 2 is 1.80 bits per heavy atom. The number of halogens is 1. The van der Waals surface area contributed by atoms with Crippen LogP contribution in [0.5, 0.6) is 0 Å². The molecule has 1 aromatic heterocycles. The maximum atomic E-state index is 13.0. The zero-order valence-corrected chi connectivity index (χ0v) is 17.5. The predicted octanol–water partition coefficient (Wildman–Crippen LogP) is 2.21. The number of carbonyl (C=O) groups is 1. The van der Waals surface area contributed by atoms with E-state index in [1.165, 1.54) is 9.13 Å². The van der Waals surface area contributed by atoms with Crippen LogP contribution in [0.15, 0.2) is 58.1 Å². The van der Waals surface area contributed by atoms with E-state index in [1.807, 2.05) is 12.1 Å². The van der Waals surface area contributed by atoms with Crippen molar-refractivity contribution in [3.63, 3.8) is 0 Å². The zero-order chi connectivity index (χ0) is 21.5. The molecule has 0 aliphatic rings. The maximum absolute atomic E-state index is 13.0. The molecule has 0 aliphatic carbocycles. The summed E-state index contributed by atoms with van der Waals surface area (Å²) < 4.78 is 7.53. The van der Waals surface area contributed by atoms with Crippen LogP contribution in [-0.2, 0) is 29.0 Å². The third-order valence-electron chi connectivity index (χ3n) is 4.81. The van der Waals surface area contributed by atoms with Gasteiger partial charge in [0, 0.05) is 31.8 Å². The van der Waals surface area contributed by atoms with Gasteiger partial charge in [0.05, 0.1) is 10.9 Å². The highest BCUT2D eigenvalue weighted by molar-refractivity contribution is 6.30. The van der Waals surface area contributed by atoms with Crippen LogP contribution in [-0.4, -0.2) is 35.3 Å². The Morgan fingerprint density at radius 1 is 1.07 bits per heavy atom. The molecule has 8 heteroatoms. The summed E-state index contributed by atoms with van der Waals surface area (Å²) in [5.74, 6) is -0.293. The Balaban J connectivity index is 1.78. The molecule has 0 spiro atoms. The van der Waals surface area contributed by atoms with E-state index in [-0.39, 0.29) is 24.6 Å². The molecule has 1 heterocycles. The molecule has 1 amide bonds. The van der Waals surface area contributed by atoms with Crippen LogP contribution in [0.3, 0.4) is 0 Å². The molecule has 0 saturated heterocycles. The first-order valence-electron chi connectivity index (χ1n) is 9.73. The fourth-order valence-electron chi connectivity index (χ4n) is 3.28. The summed E-state index contributed by atoms with van der Waals surface area (Å²) in [7, 11) is 1.57. The molecule has 0 radical (unpaired) electrons. The topological polar surface area (TPSA) is 82.3 Å². The Bertz CT molecular complexity index is 1140. The molecular weight excluding hydrogens is 406 g/mol. The highest BCUT2D eigenvalue weighted by Crippen LogP contribution is 2.10. The van der Waals surface area contributed by atoms with Crippen molar-refractivity contribution in [3.05, 3.63) is 80.0 Å². The average Bonchev–Trinajstić information content (AvgIpc) is 2.75. The minimum atomic E-state index is -0.498. The van der Waals surface area contributed by atoms with Gasteiger partial charge in [-0.15, -0.1) is 0 Å². The number of nitrogens with one attached hydrogen (secondary N) is 1. The Hall–Kier alpha value is -2.90. The van der Waals surface area contributed by atoms with Crippen molar-refractivity contribution in [1.82, 2.24) is 14.5 Å². The van der Waals surface area contributed by atoms with Gasteiger partial charge in [-0.3, -0.25) is 18.7 Å². The molecule has 2 aromatic carbocycles. The number of rotatable bonds is 9. The first-order valence-corrected chi connectivity index (χ1v) is 10.1. The molecule has 3 rings (SSSR count).